The van der Waals surface area contributed by atoms with Crippen LogP contribution >= 0.6 is 18.7 Å². The summed E-state index contributed by atoms with van der Waals surface area (Å²) in [5.41, 5.74) is 5.31. The zero-order chi connectivity index (χ0) is 39.4. The van der Waals surface area contributed by atoms with E-state index in [9.17, 15) is 18.9 Å². The number of imide groups is 1. The van der Waals surface area contributed by atoms with Gasteiger partial charge in [0.25, 0.3) is 5.91 Å². The number of piperidine rings is 2. The molecule has 4 N–H and O–H groups in total. The van der Waals surface area contributed by atoms with Crippen molar-refractivity contribution < 1.29 is 23.7 Å². The lowest BCUT2D eigenvalue weighted by Gasteiger charge is -2.34. The third kappa shape index (κ3) is 8.85. The fraction of sp³-hybridized carbons (Fsp3) is 0.390. The maximum Gasteiger partial charge on any atom is 0.255 e. The molecule has 294 valence electrons. The number of unbranched alkanes of at least 4 members (excludes halogenated alkanes) is 1. The number of halogens is 1. The van der Waals surface area contributed by atoms with E-state index in [2.05, 4.69) is 48.3 Å². The minimum absolute atomic E-state index is 0.128. The van der Waals surface area contributed by atoms with Crippen LogP contribution in [0.4, 0.5) is 28.8 Å². The summed E-state index contributed by atoms with van der Waals surface area (Å²) < 4.78 is 18.7. The monoisotopic (exact) mass is 798 g/mol. The Labute approximate surface area is 332 Å². The van der Waals surface area contributed by atoms with E-state index in [1.54, 1.807) is 25.3 Å². The lowest BCUT2D eigenvalue weighted by atomic mass is 9.98. The quantitative estimate of drug-likeness (QED) is 0.0653. The lowest BCUT2D eigenvalue weighted by molar-refractivity contribution is -0.136. The van der Waals surface area contributed by atoms with Gasteiger partial charge in [-0.25, -0.2) is 4.98 Å². The number of nitrogens with one attached hydrogen (secondary N) is 4. The normalized spacial score (nSPS) is 17.5. The second kappa shape index (κ2) is 17.0. The molecule has 2 saturated heterocycles. The molecule has 3 aliphatic rings. The topological polar surface area (TPSA) is 158 Å². The van der Waals surface area contributed by atoms with Gasteiger partial charge in [0, 0.05) is 54.7 Å². The van der Waals surface area contributed by atoms with E-state index >= 15 is 0 Å². The highest BCUT2D eigenvalue weighted by atomic mass is 35.5. The van der Waals surface area contributed by atoms with Crippen LogP contribution in [-0.2, 0) is 27.1 Å². The number of aromatic nitrogens is 2. The van der Waals surface area contributed by atoms with Gasteiger partial charge in [-0.2, -0.15) is 4.98 Å². The summed E-state index contributed by atoms with van der Waals surface area (Å²) in [5.74, 6) is 0.606. The maximum atomic E-state index is 13.2. The molecule has 0 saturated carbocycles. The lowest BCUT2D eigenvalue weighted by Crippen LogP contribution is -2.52. The summed E-state index contributed by atoms with van der Waals surface area (Å²) in [6, 6.07) is 19.2. The predicted octanol–water partition coefficient (Wildman–Crippen LogP) is 6.22. The van der Waals surface area contributed by atoms with Crippen LogP contribution in [0.2, 0.25) is 5.02 Å². The first-order valence-corrected chi connectivity index (χ1v) is 22.1. The molecule has 1 atom stereocenters. The van der Waals surface area contributed by atoms with Crippen LogP contribution in [-0.4, -0.2) is 84.7 Å². The molecule has 0 aliphatic carbocycles. The number of nitrogens with zero attached hydrogens (tertiary/aromatic N) is 4. The summed E-state index contributed by atoms with van der Waals surface area (Å²) in [6.45, 7) is 6.62. The van der Waals surface area contributed by atoms with Crippen molar-refractivity contribution in [3.8, 4) is 5.75 Å². The zero-order valence-corrected chi connectivity index (χ0v) is 33.6. The van der Waals surface area contributed by atoms with Gasteiger partial charge in [-0.1, -0.05) is 35.9 Å². The molecule has 1 unspecified atom stereocenters. The first-order valence-electron chi connectivity index (χ1n) is 19.1. The van der Waals surface area contributed by atoms with E-state index in [1.165, 1.54) is 6.20 Å². The summed E-state index contributed by atoms with van der Waals surface area (Å²) in [6.07, 6.45) is 7.06. The number of amides is 3. The van der Waals surface area contributed by atoms with Crippen molar-refractivity contribution in [2.24, 2.45) is 0 Å². The Balaban J connectivity index is 0.878. The van der Waals surface area contributed by atoms with Crippen molar-refractivity contribution >= 4 is 70.6 Å². The Morgan fingerprint density at radius 3 is 2.54 bits per heavy atom. The minimum atomic E-state index is -2.55. The first kappa shape index (κ1) is 39.3. The average Bonchev–Trinajstić information content (AvgIpc) is 3.52. The second-order valence-electron chi connectivity index (χ2n) is 14.9. The number of rotatable bonds is 14. The molecule has 4 aromatic rings. The summed E-state index contributed by atoms with van der Waals surface area (Å²) >= 11 is 6.46. The molecule has 0 bridgehead atoms. The number of fused-ring (bicyclic) bond motifs is 1. The number of hydrogen-bond acceptors (Lipinski definition) is 11. The van der Waals surface area contributed by atoms with Crippen molar-refractivity contribution in [3.05, 3.63) is 88.6 Å². The van der Waals surface area contributed by atoms with E-state index in [4.69, 9.17) is 16.3 Å². The third-order valence-corrected chi connectivity index (χ3v) is 12.6. The molecule has 4 heterocycles. The second-order valence-corrected chi connectivity index (χ2v) is 18.5. The van der Waals surface area contributed by atoms with Crippen molar-refractivity contribution in [1.82, 2.24) is 25.5 Å². The summed E-state index contributed by atoms with van der Waals surface area (Å²) in [7, 11) is -0.906. The highest BCUT2D eigenvalue weighted by molar-refractivity contribution is 7.70. The number of anilines is 5. The van der Waals surface area contributed by atoms with Crippen molar-refractivity contribution in [3.63, 3.8) is 0 Å². The van der Waals surface area contributed by atoms with Crippen LogP contribution in [0.15, 0.2) is 66.9 Å². The van der Waals surface area contributed by atoms with E-state index in [-0.39, 0.29) is 24.1 Å². The molecule has 7 rings (SSSR count). The Morgan fingerprint density at radius 2 is 1.77 bits per heavy atom. The van der Waals surface area contributed by atoms with Crippen LogP contribution < -0.4 is 36.2 Å². The molecule has 56 heavy (non-hydrogen) atoms. The van der Waals surface area contributed by atoms with Crippen LogP contribution in [0.1, 0.15) is 60.0 Å². The number of carbonyl (C=O) groups is 3. The number of hydrogen-bond donors (Lipinski definition) is 4. The van der Waals surface area contributed by atoms with Gasteiger partial charge in [-0.15, -0.1) is 0 Å². The maximum absolute atomic E-state index is 13.2. The van der Waals surface area contributed by atoms with Crippen LogP contribution in [0.5, 0.6) is 5.75 Å². The number of aryl methyl sites for hydroxylation is 1. The molecule has 0 spiro atoms. The fourth-order valence-electron chi connectivity index (χ4n) is 7.76. The first-order chi connectivity index (χ1) is 27.0. The molecule has 3 amide bonds. The van der Waals surface area contributed by atoms with Gasteiger partial charge in [-0.3, -0.25) is 19.7 Å². The SMILES string of the molecule is COc1cc(N2CCC(NCCCCc3cccc4c3CN(C3CCC(=O)NC3=O)C4=O)CC2)ccc1Nc1ncc(Cl)c(Nc2ccccc2P(C)(C)=O)n1. The van der Waals surface area contributed by atoms with Crippen LogP contribution in [0.3, 0.4) is 0 Å². The summed E-state index contributed by atoms with van der Waals surface area (Å²) in [5, 5.41) is 13.7. The van der Waals surface area contributed by atoms with E-state index < -0.39 is 13.2 Å². The van der Waals surface area contributed by atoms with Crippen molar-refractivity contribution in [1.29, 1.82) is 0 Å². The number of methoxy groups -OCH3 is 1. The molecule has 3 aromatic carbocycles. The molecule has 0 radical (unpaired) electrons. The van der Waals surface area contributed by atoms with Crippen LogP contribution in [0.25, 0.3) is 0 Å². The predicted molar refractivity (Wildman–Crippen MR) is 221 cm³/mol. The smallest absolute Gasteiger partial charge is 0.255 e. The van der Waals surface area contributed by atoms with Crippen LogP contribution in [0, 0.1) is 0 Å². The number of ether oxygens (including phenoxy) is 1. The third-order valence-electron chi connectivity index (χ3n) is 10.8. The molecule has 2 fully saturated rings. The van der Waals surface area contributed by atoms with Gasteiger partial charge in [0.05, 0.1) is 24.7 Å². The van der Waals surface area contributed by atoms with Gasteiger partial charge in [0.2, 0.25) is 17.8 Å². The van der Waals surface area contributed by atoms with Gasteiger partial charge >= 0.3 is 0 Å². The standard InChI is InChI=1S/C41H48ClN8O5P/c1-55-35-23-28(14-15-32(35)46-41-44-24-31(42)38(48-41)45-33-12-4-5-13-36(33)56(2,3)54)49-21-18-27(19-22-49)43-20-7-6-9-26-10-8-11-29-30(26)25-50(40(29)53)34-16-17-37(51)47-39(34)52/h4-5,8,10-15,23-24,27,34,43H,6-7,9,16-22,25H2,1-3H3,(H,47,51,52)(H2,44,45,46,48). The number of carbonyl (C=O) groups excluding carboxylic acids is 3. The van der Waals surface area contributed by atoms with Gasteiger partial charge in [0.15, 0.2) is 5.82 Å². The fourth-order valence-corrected chi connectivity index (χ4v) is 9.06. The molecule has 3 aliphatic heterocycles. The largest absolute Gasteiger partial charge is 0.494 e. The zero-order valence-electron chi connectivity index (χ0n) is 31.9. The van der Waals surface area contributed by atoms with Gasteiger partial charge in [-0.05, 0) is 99.9 Å². The van der Waals surface area contributed by atoms with E-state index in [0.29, 0.717) is 63.8 Å². The Morgan fingerprint density at radius 1 is 0.964 bits per heavy atom. The Hall–Kier alpha value is -4.97. The van der Waals surface area contributed by atoms with E-state index in [1.807, 2.05) is 48.5 Å². The summed E-state index contributed by atoms with van der Waals surface area (Å²) in [4.78, 5) is 50.2. The molecular formula is C41H48ClN8O5P. The molecule has 1 aromatic heterocycles. The Bertz CT molecular complexity index is 2170. The molecule has 15 heteroatoms. The number of para-hydroxylation sites is 1. The van der Waals surface area contributed by atoms with Crippen molar-refractivity contribution in [2.75, 3.05) is 55.6 Å². The number of benzene rings is 3. The highest BCUT2D eigenvalue weighted by Crippen LogP contribution is 2.39. The van der Waals surface area contributed by atoms with Gasteiger partial charge < -0.3 is 35.1 Å². The van der Waals surface area contributed by atoms with Gasteiger partial charge in [0.1, 0.15) is 24.0 Å². The highest BCUT2D eigenvalue weighted by Gasteiger charge is 2.39. The average molecular weight is 799 g/mol. The minimum Gasteiger partial charge on any atom is -0.494 e. The molecular weight excluding hydrogens is 751 g/mol. The Kier molecular flexibility index (Phi) is 11.9. The molecule has 13 nitrogen and oxygen atoms in total. The van der Waals surface area contributed by atoms with E-state index in [0.717, 1.165) is 68.6 Å². The van der Waals surface area contributed by atoms with Crippen molar-refractivity contribution in [2.45, 2.75) is 63.6 Å².